The third-order valence-corrected chi connectivity index (χ3v) is 1.67. The van der Waals surface area contributed by atoms with Crippen LogP contribution in [0.3, 0.4) is 0 Å². The predicted molar refractivity (Wildman–Crippen MR) is 42.6 cm³/mol. The molecule has 0 aliphatic carbocycles. The predicted octanol–water partition coefficient (Wildman–Crippen LogP) is 2.11. The van der Waals surface area contributed by atoms with E-state index in [0.717, 1.165) is 6.42 Å². The minimum atomic E-state index is -1.15. The van der Waals surface area contributed by atoms with Crippen LogP contribution in [-0.2, 0) is 0 Å². The van der Waals surface area contributed by atoms with Crippen molar-refractivity contribution < 1.29 is 4.39 Å². The lowest BCUT2D eigenvalue weighted by Crippen LogP contribution is -2.29. The largest absolute Gasteiger partial charge is 0.328 e. The van der Waals surface area contributed by atoms with Crippen molar-refractivity contribution in [3.63, 3.8) is 0 Å². The maximum Gasteiger partial charge on any atom is 0.120 e. The van der Waals surface area contributed by atoms with Gasteiger partial charge in [-0.1, -0.05) is 13.8 Å². The van der Waals surface area contributed by atoms with Crippen molar-refractivity contribution in [2.24, 2.45) is 11.7 Å². The monoisotopic (exact) mass is 147 g/mol. The second-order valence-corrected chi connectivity index (χ2v) is 3.55. The Morgan fingerprint density at radius 1 is 1.50 bits per heavy atom. The average molecular weight is 147 g/mol. The molecule has 2 N–H and O–H groups in total. The second-order valence-electron chi connectivity index (χ2n) is 3.55. The standard InChI is InChI=1S/C8H18FN/c1-7(2)4-5-8(3,9)6-10/h7H,4-6,10H2,1-3H3. The van der Waals surface area contributed by atoms with Gasteiger partial charge in [-0.15, -0.1) is 0 Å². The van der Waals surface area contributed by atoms with E-state index in [2.05, 4.69) is 13.8 Å². The molecule has 0 aromatic rings. The molecule has 0 aromatic carbocycles. The summed E-state index contributed by atoms with van der Waals surface area (Å²) in [4.78, 5) is 0. The van der Waals surface area contributed by atoms with Gasteiger partial charge in [-0.05, 0) is 25.7 Å². The second kappa shape index (κ2) is 3.91. The average Bonchev–Trinajstić information content (AvgIpc) is 1.85. The van der Waals surface area contributed by atoms with Gasteiger partial charge in [0.2, 0.25) is 0 Å². The van der Waals surface area contributed by atoms with Crippen molar-refractivity contribution in [1.29, 1.82) is 0 Å². The Balaban J connectivity index is 3.46. The first-order valence-electron chi connectivity index (χ1n) is 3.87. The zero-order chi connectivity index (χ0) is 8.20. The molecule has 10 heavy (non-hydrogen) atoms. The number of hydrogen-bond donors (Lipinski definition) is 1. The summed E-state index contributed by atoms with van der Waals surface area (Å²) >= 11 is 0. The van der Waals surface area contributed by atoms with E-state index in [-0.39, 0.29) is 6.54 Å². The van der Waals surface area contributed by atoms with E-state index in [1.807, 2.05) is 0 Å². The molecule has 0 aliphatic rings. The molecule has 0 amide bonds. The van der Waals surface area contributed by atoms with Gasteiger partial charge in [-0.25, -0.2) is 4.39 Å². The topological polar surface area (TPSA) is 26.0 Å². The summed E-state index contributed by atoms with van der Waals surface area (Å²) in [7, 11) is 0. The fourth-order valence-corrected chi connectivity index (χ4v) is 0.692. The van der Waals surface area contributed by atoms with E-state index in [1.54, 1.807) is 6.92 Å². The molecule has 0 heterocycles. The van der Waals surface area contributed by atoms with Crippen LogP contribution in [-0.4, -0.2) is 12.2 Å². The first-order chi connectivity index (χ1) is 4.48. The lowest BCUT2D eigenvalue weighted by molar-refractivity contribution is 0.174. The zero-order valence-electron chi connectivity index (χ0n) is 7.15. The zero-order valence-corrected chi connectivity index (χ0v) is 7.15. The Morgan fingerprint density at radius 2 is 2.00 bits per heavy atom. The molecule has 0 radical (unpaired) electrons. The molecule has 1 nitrogen and oxygen atoms in total. The van der Waals surface area contributed by atoms with E-state index < -0.39 is 5.67 Å². The maximum atomic E-state index is 13.1. The van der Waals surface area contributed by atoms with Crippen LogP contribution in [0.1, 0.15) is 33.6 Å². The highest BCUT2D eigenvalue weighted by molar-refractivity contribution is 4.73. The van der Waals surface area contributed by atoms with Crippen LogP contribution in [0.15, 0.2) is 0 Å². The molecule has 0 rings (SSSR count). The number of halogens is 1. The van der Waals surface area contributed by atoms with Crippen LogP contribution in [0, 0.1) is 5.92 Å². The number of nitrogens with two attached hydrogens (primary N) is 1. The first-order valence-corrected chi connectivity index (χ1v) is 3.87. The molecule has 1 atom stereocenters. The van der Waals surface area contributed by atoms with Crippen molar-refractivity contribution in [1.82, 2.24) is 0 Å². The third-order valence-electron chi connectivity index (χ3n) is 1.67. The normalized spacial score (nSPS) is 17.4. The molecule has 0 fully saturated rings. The fourth-order valence-electron chi connectivity index (χ4n) is 0.692. The van der Waals surface area contributed by atoms with E-state index in [4.69, 9.17) is 5.73 Å². The summed E-state index contributed by atoms with van der Waals surface area (Å²) in [5.41, 5.74) is 4.07. The summed E-state index contributed by atoms with van der Waals surface area (Å²) in [6, 6.07) is 0. The van der Waals surface area contributed by atoms with Gasteiger partial charge in [0.1, 0.15) is 5.67 Å². The van der Waals surface area contributed by atoms with Gasteiger partial charge in [0.25, 0.3) is 0 Å². The molecule has 0 bridgehead atoms. The number of hydrogen-bond acceptors (Lipinski definition) is 1. The van der Waals surface area contributed by atoms with Gasteiger partial charge in [-0.3, -0.25) is 0 Å². The Bertz CT molecular complexity index is 89.3. The summed E-state index contributed by atoms with van der Waals surface area (Å²) < 4.78 is 13.1. The van der Waals surface area contributed by atoms with Gasteiger partial charge in [0.15, 0.2) is 0 Å². The highest BCUT2D eigenvalue weighted by atomic mass is 19.1. The number of rotatable bonds is 4. The quantitative estimate of drug-likeness (QED) is 0.647. The first kappa shape index (κ1) is 9.89. The Kier molecular flexibility index (Phi) is 3.87. The molecular weight excluding hydrogens is 129 g/mol. The fraction of sp³-hybridized carbons (Fsp3) is 1.00. The van der Waals surface area contributed by atoms with Crippen LogP contribution in [0.25, 0.3) is 0 Å². The van der Waals surface area contributed by atoms with E-state index >= 15 is 0 Å². The van der Waals surface area contributed by atoms with E-state index in [0.29, 0.717) is 12.3 Å². The molecule has 0 aromatic heterocycles. The molecule has 0 saturated heterocycles. The summed E-state index contributed by atoms with van der Waals surface area (Å²) in [6.07, 6.45) is 1.51. The van der Waals surface area contributed by atoms with Crippen molar-refractivity contribution in [2.45, 2.75) is 39.3 Å². The van der Waals surface area contributed by atoms with E-state index in [9.17, 15) is 4.39 Å². The Hall–Kier alpha value is -0.110. The number of alkyl halides is 1. The van der Waals surface area contributed by atoms with Gasteiger partial charge >= 0.3 is 0 Å². The lowest BCUT2D eigenvalue weighted by atomic mass is 9.97. The van der Waals surface area contributed by atoms with Crippen molar-refractivity contribution in [3.05, 3.63) is 0 Å². The molecular formula is C8H18FN. The van der Waals surface area contributed by atoms with Crippen LogP contribution in [0.2, 0.25) is 0 Å². The highest BCUT2D eigenvalue weighted by Crippen LogP contribution is 2.18. The van der Waals surface area contributed by atoms with Gasteiger partial charge in [-0.2, -0.15) is 0 Å². The minimum absolute atomic E-state index is 0.139. The van der Waals surface area contributed by atoms with Gasteiger partial charge < -0.3 is 5.73 Å². The van der Waals surface area contributed by atoms with Crippen LogP contribution in [0.4, 0.5) is 4.39 Å². The van der Waals surface area contributed by atoms with Crippen molar-refractivity contribution in [2.75, 3.05) is 6.54 Å². The summed E-state index contributed by atoms with van der Waals surface area (Å²) in [5.74, 6) is 0.571. The summed E-state index contributed by atoms with van der Waals surface area (Å²) in [5, 5.41) is 0. The SMILES string of the molecule is CC(C)CCC(C)(F)CN. The van der Waals surface area contributed by atoms with Crippen molar-refractivity contribution >= 4 is 0 Å². The molecule has 0 saturated carbocycles. The molecule has 2 heteroatoms. The minimum Gasteiger partial charge on any atom is -0.328 e. The Labute approximate surface area is 62.8 Å². The summed E-state index contributed by atoms with van der Waals surface area (Å²) in [6.45, 7) is 5.88. The maximum absolute atomic E-state index is 13.1. The van der Waals surface area contributed by atoms with Crippen molar-refractivity contribution in [3.8, 4) is 0 Å². The molecule has 1 unspecified atom stereocenters. The molecule has 0 aliphatic heterocycles. The molecule has 0 spiro atoms. The van der Waals surface area contributed by atoms with Gasteiger partial charge in [0, 0.05) is 6.54 Å². The lowest BCUT2D eigenvalue weighted by Gasteiger charge is -2.18. The smallest absolute Gasteiger partial charge is 0.120 e. The van der Waals surface area contributed by atoms with Gasteiger partial charge in [0.05, 0.1) is 0 Å². The van der Waals surface area contributed by atoms with Crippen LogP contribution in [0.5, 0.6) is 0 Å². The molecule has 62 valence electrons. The van der Waals surface area contributed by atoms with E-state index in [1.165, 1.54) is 0 Å². The third kappa shape index (κ3) is 4.74. The van der Waals surface area contributed by atoms with Crippen LogP contribution >= 0.6 is 0 Å². The highest BCUT2D eigenvalue weighted by Gasteiger charge is 2.20. The Morgan fingerprint density at radius 3 is 2.30 bits per heavy atom. The van der Waals surface area contributed by atoms with Crippen LogP contribution < -0.4 is 5.73 Å².